The Hall–Kier alpha value is -2.99. The van der Waals surface area contributed by atoms with Gasteiger partial charge in [0, 0.05) is 12.6 Å². The third-order valence-corrected chi connectivity index (χ3v) is 4.40. The van der Waals surface area contributed by atoms with Crippen LogP contribution in [0.25, 0.3) is 6.08 Å². The highest BCUT2D eigenvalue weighted by Gasteiger charge is 2.16. The van der Waals surface area contributed by atoms with Gasteiger partial charge in [0.15, 0.2) is 11.5 Å². The molecular formula is C21H24N2O4. The number of ether oxygens (including phenoxy) is 3. The predicted molar refractivity (Wildman–Crippen MR) is 104 cm³/mol. The maximum Gasteiger partial charge on any atom is 0.244 e. The molecule has 6 nitrogen and oxygen atoms in total. The highest BCUT2D eigenvalue weighted by atomic mass is 16.7. The van der Waals surface area contributed by atoms with E-state index in [2.05, 4.69) is 10.2 Å². The molecule has 0 saturated heterocycles. The fraction of sp³-hybridized carbons (Fsp3) is 0.286. The van der Waals surface area contributed by atoms with Crippen LogP contribution in [-0.4, -0.2) is 45.3 Å². The summed E-state index contributed by atoms with van der Waals surface area (Å²) >= 11 is 0. The van der Waals surface area contributed by atoms with Gasteiger partial charge in [-0.2, -0.15) is 0 Å². The Morgan fingerprint density at radius 3 is 2.81 bits per heavy atom. The summed E-state index contributed by atoms with van der Waals surface area (Å²) in [6.07, 6.45) is 3.28. The number of nitrogens with one attached hydrogen (secondary N) is 1. The number of amides is 1. The van der Waals surface area contributed by atoms with Crippen LogP contribution >= 0.6 is 0 Å². The van der Waals surface area contributed by atoms with Crippen LogP contribution in [0.4, 0.5) is 0 Å². The van der Waals surface area contributed by atoms with Gasteiger partial charge in [-0.15, -0.1) is 0 Å². The molecule has 0 aromatic heterocycles. The van der Waals surface area contributed by atoms with Gasteiger partial charge in [0.05, 0.1) is 13.2 Å². The Balaban J connectivity index is 1.60. The standard InChI is InChI=1S/C21H24N2O4/c1-23(2)18(16-5-4-6-17(12-16)25-3)13-22-21(24)10-8-15-7-9-19-20(11-15)27-14-26-19/h4-12,18H,13-14H2,1-3H3,(H,22,24)/b10-8+/t18-/m0/s1. The summed E-state index contributed by atoms with van der Waals surface area (Å²) in [5, 5.41) is 2.96. The smallest absolute Gasteiger partial charge is 0.244 e. The third-order valence-electron chi connectivity index (χ3n) is 4.40. The van der Waals surface area contributed by atoms with E-state index >= 15 is 0 Å². The van der Waals surface area contributed by atoms with Crippen LogP contribution in [0.2, 0.25) is 0 Å². The van der Waals surface area contributed by atoms with Gasteiger partial charge in [0.25, 0.3) is 0 Å². The second-order valence-electron chi connectivity index (χ2n) is 6.45. The average molecular weight is 368 g/mol. The Bertz CT molecular complexity index is 833. The van der Waals surface area contributed by atoms with Crippen LogP contribution in [-0.2, 0) is 4.79 Å². The molecule has 0 aliphatic carbocycles. The van der Waals surface area contributed by atoms with Crippen molar-refractivity contribution in [3.63, 3.8) is 0 Å². The summed E-state index contributed by atoms with van der Waals surface area (Å²) in [5.41, 5.74) is 1.96. The van der Waals surface area contributed by atoms with Gasteiger partial charge < -0.3 is 24.4 Å². The lowest BCUT2D eigenvalue weighted by Crippen LogP contribution is -2.33. The van der Waals surface area contributed by atoms with Crippen molar-refractivity contribution in [2.45, 2.75) is 6.04 Å². The minimum absolute atomic E-state index is 0.0444. The topological polar surface area (TPSA) is 60.0 Å². The van der Waals surface area contributed by atoms with E-state index in [0.717, 1.165) is 22.6 Å². The van der Waals surface area contributed by atoms with E-state index in [4.69, 9.17) is 14.2 Å². The van der Waals surface area contributed by atoms with Gasteiger partial charge in [0.2, 0.25) is 12.7 Å². The molecule has 27 heavy (non-hydrogen) atoms. The highest BCUT2D eigenvalue weighted by molar-refractivity contribution is 5.91. The van der Waals surface area contributed by atoms with Crippen molar-refractivity contribution in [2.75, 3.05) is 34.5 Å². The van der Waals surface area contributed by atoms with Gasteiger partial charge >= 0.3 is 0 Å². The molecule has 1 atom stereocenters. The number of fused-ring (bicyclic) bond motifs is 1. The van der Waals surface area contributed by atoms with E-state index in [0.29, 0.717) is 12.3 Å². The summed E-state index contributed by atoms with van der Waals surface area (Å²) in [5.74, 6) is 2.07. The fourth-order valence-corrected chi connectivity index (χ4v) is 2.89. The predicted octanol–water partition coefficient (Wildman–Crippen LogP) is 2.86. The Morgan fingerprint density at radius 1 is 1.22 bits per heavy atom. The normalized spacial score (nSPS) is 13.8. The lowest BCUT2D eigenvalue weighted by atomic mass is 10.1. The molecule has 1 N–H and O–H groups in total. The van der Waals surface area contributed by atoms with Crippen LogP contribution in [0.5, 0.6) is 17.2 Å². The van der Waals surface area contributed by atoms with Crippen molar-refractivity contribution in [1.82, 2.24) is 10.2 Å². The number of methoxy groups -OCH3 is 1. The van der Waals surface area contributed by atoms with E-state index in [1.807, 2.05) is 56.6 Å². The van der Waals surface area contributed by atoms with Crippen molar-refractivity contribution >= 4 is 12.0 Å². The second kappa shape index (κ2) is 8.60. The van der Waals surface area contributed by atoms with Crippen LogP contribution in [0.3, 0.4) is 0 Å². The number of hydrogen-bond acceptors (Lipinski definition) is 5. The first-order valence-corrected chi connectivity index (χ1v) is 8.73. The van der Waals surface area contributed by atoms with Gasteiger partial charge in [-0.1, -0.05) is 18.2 Å². The third kappa shape index (κ3) is 4.80. The molecule has 0 saturated carbocycles. The molecular weight excluding hydrogens is 344 g/mol. The molecule has 2 aromatic rings. The molecule has 1 aliphatic heterocycles. The Kier molecular flexibility index (Phi) is 5.98. The summed E-state index contributed by atoms with van der Waals surface area (Å²) in [6, 6.07) is 13.5. The number of nitrogens with zero attached hydrogens (tertiary/aromatic N) is 1. The van der Waals surface area contributed by atoms with E-state index in [1.54, 1.807) is 13.2 Å². The monoisotopic (exact) mass is 368 g/mol. The van der Waals surface area contributed by atoms with E-state index in [1.165, 1.54) is 6.08 Å². The molecule has 0 radical (unpaired) electrons. The SMILES string of the molecule is COc1cccc([C@H](CNC(=O)/C=C/c2ccc3c(c2)OCO3)N(C)C)c1. The molecule has 1 heterocycles. The molecule has 6 heteroatoms. The van der Waals surface area contributed by atoms with Crippen LogP contribution < -0.4 is 19.5 Å². The first kappa shape index (κ1) is 18.8. The molecule has 3 rings (SSSR count). The number of rotatable bonds is 7. The maximum absolute atomic E-state index is 12.2. The number of benzene rings is 2. The van der Waals surface area contributed by atoms with Gasteiger partial charge in [-0.05, 0) is 55.6 Å². The lowest BCUT2D eigenvalue weighted by Gasteiger charge is -2.25. The minimum Gasteiger partial charge on any atom is -0.497 e. The summed E-state index contributed by atoms with van der Waals surface area (Å²) in [6.45, 7) is 0.726. The quantitative estimate of drug-likeness (QED) is 0.762. The van der Waals surface area contributed by atoms with E-state index in [9.17, 15) is 4.79 Å². The van der Waals surface area contributed by atoms with Crippen molar-refractivity contribution < 1.29 is 19.0 Å². The molecule has 142 valence electrons. The zero-order valence-electron chi connectivity index (χ0n) is 15.8. The zero-order valence-corrected chi connectivity index (χ0v) is 15.8. The minimum atomic E-state index is -0.151. The number of carbonyl (C=O) groups excluding carboxylic acids is 1. The van der Waals surface area contributed by atoms with Crippen LogP contribution in [0, 0.1) is 0 Å². The van der Waals surface area contributed by atoms with Gasteiger partial charge in [0.1, 0.15) is 5.75 Å². The molecule has 1 aliphatic rings. The van der Waals surface area contributed by atoms with Crippen LogP contribution in [0.1, 0.15) is 17.2 Å². The summed E-state index contributed by atoms with van der Waals surface area (Å²) < 4.78 is 15.9. The summed E-state index contributed by atoms with van der Waals surface area (Å²) in [7, 11) is 5.62. The Labute approximate surface area is 159 Å². The number of carbonyl (C=O) groups is 1. The summed E-state index contributed by atoms with van der Waals surface area (Å²) in [4.78, 5) is 14.3. The average Bonchev–Trinajstić information content (AvgIpc) is 3.14. The first-order valence-electron chi connectivity index (χ1n) is 8.73. The molecule has 0 fully saturated rings. The molecule has 0 unspecified atom stereocenters. The second-order valence-corrected chi connectivity index (χ2v) is 6.45. The zero-order chi connectivity index (χ0) is 19.2. The molecule has 2 aromatic carbocycles. The number of hydrogen-bond donors (Lipinski definition) is 1. The maximum atomic E-state index is 12.2. The van der Waals surface area contributed by atoms with Gasteiger partial charge in [-0.25, -0.2) is 0 Å². The van der Waals surface area contributed by atoms with E-state index in [-0.39, 0.29) is 18.7 Å². The number of likely N-dealkylation sites (N-methyl/N-ethyl adjacent to an activating group) is 1. The van der Waals surface area contributed by atoms with Crippen LogP contribution in [0.15, 0.2) is 48.5 Å². The molecule has 0 spiro atoms. The van der Waals surface area contributed by atoms with Crippen molar-refractivity contribution in [2.24, 2.45) is 0 Å². The first-order chi connectivity index (χ1) is 13.1. The van der Waals surface area contributed by atoms with Crippen molar-refractivity contribution in [3.8, 4) is 17.2 Å². The van der Waals surface area contributed by atoms with Crippen molar-refractivity contribution in [3.05, 3.63) is 59.7 Å². The molecule has 1 amide bonds. The Morgan fingerprint density at radius 2 is 2.04 bits per heavy atom. The fourth-order valence-electron chi connectivity index (χ4n) is 2.89. The largest absolute Gasteiger partial charge is 0.497 e. The van der Waals surface area contributed by atoms with Gasteiger partial charge in [-0.3, -0.25) is 4.79 Å². The highest BCUT2D eigenvalue weighted by Crippen LogP contribution is 2.32. The molecule has 0 bridgehead atoms. The lowest BCUT2D eigenvalue weighted by molar-refractivity contribution is -0.116. The van der Waals surface area contributed by atoms with Crippen molar-refractivity contribution in [1.29, 1.82) is 0 Å². The van der Waals surface area contributed by atoms with E-state index < -0.39 is 0 Å².